The van der Waals surface area contributed by atoms with E-state index in [0.717, 1.165) is 11.1 Å². The molecule has 0 bridgehead atoms. The van der Waals surface area contributed by atoms with Crippen molar-refractivity contribution in [1.29, 1.82) is 0 Å². The Kier molecular flexibility index (Phi) is 3.60. The second-order valence-corrected chi connectivity index (χ2v) is 5.11. The van der Waals surface area contributed by atoms with Crippen molar-refractivity contribution in [1.82, 2.24) is 0 Å². The maximum Gasteiger partial charge on any atom is 0.231 e. The number of nitrogens with zero attached hydrogens (tertiary/aromatic N) is 1. The number of fused-ring (bicyclic) bond motifs is 1. The van der Waals surface area contributed by atoms with Crippen molar-refractivity contribution in [3.05, 3.63) is 59.4 Å². The van der Waals surface area contributed by atoms with Crippen LogP contribution in [0.2, 0.25) is 0 Å². The molecule has 0 fully saturated rings. The van der Waals surface area contributed by atoms with Crippen LogP contribution < -0.4 is 9.64 Å². The molecule has 21 heavy (non-hydrogen) atoms. The van der Waals surface area contributed by atoms with Crippen LogP contribution in [0.3, 0.4) is 0 Å². The van der Waals surface area contributed by atoms with E-state index in [-0.39, 0.29) is 11.7 Å². The topological polar surface area (TPSA) is 29.5 Å². The Morgan fingerprint density at radius 2 is 2.10 bits per heavy atom. The van der Waals surface area contributed by atoms with Crippen molar-refractivity contribution in [2.24, 2.45) is 0 Å². The van der Waals surface area contributed by atoms with Gasteiger partial charge in [-0.05, 0) is 30.2 Å². The van der Waals surface area contributed by atoms with Crippen LogP contribution in [-0.4, -0.2) is 19.1 Å². The summed E-state index contributed by atoms with van der Waals surface area (Å²) in [5.41, 5.74) is 2.59. The Bertz CT molecular complexity index is 684. The van der Waals surface area contributed by atoms with Crippen LogP contribution in [0, 0.1) is 12.7 Å². The summed E-state index contributed by atoms with van der Waals surface area (Å²) in [6.07, 6.45) is 0.308. The predicted molar refractivity (Wildman–Crippen MR) is 79.1 cm³/mol. The zero-order valence-electron chi connectivity index (χ0n) is 11.8. The first-order chi connectivity index (χ1) is 10.1. The van der Waals surface area contributed by atoms with Crippen LogP contribution in [0.25, 0.3) is 0 Å². The Labute approximate surface area is 123 Å². The van der Waals surface area contributed by atoms with Crippen molar-refractivity contribution in [2.75, 3.05) is 18.1 Å². The van der Waals surface area contributed by atoms with Gasteiger partial charge in [0.2, 0.25) is 5.91 Å². The molecule has 1 aliphatic rings. The molecule has 0 aromatic heterocycles. The lowest BCUT2D eigenvalue weighted by Crippen LogP contribution is -2.39. The summed E-state index contributed by atoms with van der Waals surface area (Å²) < 4.78 is 18.9. The molecule has 3 nitrogen and oxygen atoms in total. The highest BCUT2D eigenvalue weighted by atomic mass is 19.1. The Morgan fingerprint density at radius 3 is 2.90 bits per heavy atom. The number of halogens is 1. The van der Waals surface area contributed by atoms with Crippen molar-refractivity contribution in [3.63, 3.8) is 0 Å². The SMILES string of the molecule is Cc1ccccc1CC(=O)N1CCOc2ccc(F)cc21. The Balaban J connectivity index is 1.87. The number of rotatable bonds is 2. The third-order valence-electron chi connectivity index (χ3n) is 3.69. The van der Waals surface area contributed by atoms with Crippen molar-refractivity contribution in [2.45, 2.75) is 13.3 Å². The minimum Gasteiger partial charge on any atom is -0.490 e. The van der Waals surface area contributed by atoms with Gasteiger partial charge in [-0.15, -0.1) is 0 Å². The van der Waals surface area contributed by atoms with Crippen molar-refractivity contribution in [3.8, 4) is 5.75 Å². The molecule has 4 heteroatoms. The third kappa shape index (κ3) is 2.75. The van der Waals surface area contributed by atoms with Crippen LogP contribution in [0.1, 0.15) is 11.1 Å². The van der Waals surface area contributed by atoms with E-state index < -0.39 is 0 Å². The molecule has 0 aliphatic carbocycles. The van der Waals surface area contributed by atoms with Gasteiger partial charge in [0.1, 0.15) is 18.2 Å². The number of carbonyl (C=O) groups excluding carboxylic acids is 1. The summed E-state index contributed by atoms with van der Waals surface area (Å²) in [4.78, 5) is 14.1. The lowest BCUT2D eigenvalue weighted by Gasteiger charge is -2.29. The highest BCUT2D eigenvalue weighted by Crippen LogP contribution is 2.32. The monoisotopic (exact) mass is 285 g/mol. The first kappa shape index (κ1) is 13.6. The van der Waals surface area contributed by atoms with Gasteiger partial charge in [-0.2, -0.15) is 0 Å². The minimum atomic E-state index is -0.368. The highest BCUT2D eigenvalue weighted by Gasteiger charge is 2.24. The summed E-state index contributed by atoms with van der Waals surface area (Å²) in [6.45, 7) is 2.86. The summed E-state index contributed by atoms with van der Waals surface area (Å²) >= 11 is 0. The van der Waals surface area contributed by atoms with Gasteiger partial charge in [0, 0.05) is 6.07 Å². The zero-order chi connectivity index (χ0) is 14.8. The fourth-order valence-corrected chi connectivity index (χ4v) is 2.52. The molecule has 1 heterocycles. The van der Waals surface area contributed by atoms with E-state index in [9.17, 15) is 9.18 Å². The summed E-state index contributed by atoms with van der Waals surface area (Å²) in [6, 6.07) is 12.1. The second-order valence-electron chi connectivity index (χ2n) is 5.11. The summed E-state index contributed by atoms with van der Waals surface area (Å²) in [5.74, 6) is 0.146. The summed E-state index contributed by atoms with van der Waals surface area (Å²) in [7, 11) is 0. The zero-order valence-corrected chi connectivity index (χ0v) is 11.8. The van der Waals surface area contributed by atoms with Crippen LogP contribution in [0.5, 0.6) is 5.75 Å². The van der Waals surface area contributed by atoms with Crippen LogP contribution >= 0.6 is 0 Å². The van der Waals surface area contributed by atoms with Crippen molar-refractivity contribution < 1.29 is 13.9 Å². The molecule has 1 amide bonds. The van der Waals surface area contributed by atoms with Gasteiger partial charge in [0.05, 0.1) is 18.7 Å². The number of aryl methyl sites for hydroxylation is 1. The molecule has 2 aromatic rings. The fraction of sp³-hybridized carbons (Fsp3) is 0.235. The van der Waals surface area contributed by atoms with Gasteiger partial charge >= 0.3 is 0 Å². The van der Waals surface area contributed by atoms with Gasteiger partial charge < -0.3 is 9.64 Å². The average Bonchev–Trinajstić information content (AvgIpc) is 2.49. The molecule has 1 aliphatic heterocycles. The molecule has 0 saturated heterocycles. The number of ether oxygens (including phenoxy) is 1. The van der Waals surface area contributed by atoms with E-state index in [2.05, 4.69) is 0 Å². The molecule has 0 N–H and O–H groups in total. The summed E-state index contributed by atoms with van der Waals surface area (Å²) in [5, 5.41) is 0. The molecule has 0 atom stereocenters. The third-order valence-corrected chi connectivity index (χ3v) is 3.69. The highest BCUT2D eigenvalue weighted by molar-refractivity contribution is 5.96. The normalized spacial score (nSPS) is 13.5. The number of hydrogen-bond acceptors (Lipinski definition) is 2. The number of amides is 1. The number of carbonyl (C=O) groups is 1. The molecule has 0 unspecified atom stereocenters. The van der Waals surface area contributed by atoms with E-state index in [1.54, 1.807) is 11.0 Å². The van der Waals surface area contributed by atoms with E-state index in [0.29, 0.717) is 31.0 Å². The van der Waals surface area contributed by atoms with E-state index in [1.807, 2.05) is 31.2 Å². The van der Waals surface area contributed by atoms with Crippen molar-refractivity contribution >= 4 is 11.6 Å². The Hall–Kier alpha value is -2.36. The van der Waals surface area contributed by atoms with E-state index >= 15 is 0 Å². The van der Waals surface area contributed by atoms with Gasteiger partial charge in [0.25, 0.3) is 0 Å². The van der Waals surface area contributed by atoms with Gasteiger partial charge in [-0.25, -0.2) is 4.39 Å². The molecular formula is C17H16FNO2. The molecule has 0 radical (unpaired) electrons. The van der Waals surface area contributed by atoms with Crippen LogP contribution in [-0.2, 0) is 11.2 Å². The standard InChI is InChI=1S/C17H16FNO2/c1-12-4-2-3-5-13(12)10-17(20)19-8-9-21-16-7-6-14(18)11-15(16)19/h2-7,11H,8-10H2,1H3. The maximum atomic E-state index is 13.4. The molecule has 108 valence electrons. The number of hydrogen-bond donors (Lipinski definition) is 0. The van der Waals surface area contributed by atoms with E-state index in [1.165, 1.54) is 12.1 Å². The molecule has 2 aromatic carbocycles. The number of anilines is 1. The van der Waals surface area contributed by atoms with Gasteiger partial charge in [0.15, 0.2) is 0 Å². The van der Waals surface area contributed by atoms with Gasteiger partial charge in [-0.3, -0.25) is 4.79 Å². The minimum absolute atomic E-state index is 0.0422. The molecule has 0 spiro atoms. The van der Waals surface area contributed by atoms with E-state index in [4.69, 9.17) is 4.74 Å². The molecule has 0 saturated carbocycles. The number of benzene rings is 2. The van der Waals surface area contributed by atoms with Crippen LogP contribution in [0.15, 0.2) is 42.5 Å². The largest absolute Gasteiger partial charge is 0.490 e. The average molecular weight is 285 g/mol. The first-order valence-electron chi connectivity index (χ1n) is 6.92. The Morgan fingerprint density at radius 1 is 1.29 bits per heavy atom. The smallest absolute Gasteiger partial charge is 0.231 e. The first-order valence-corrected chi connectivity index (χ1v) is 6.92. The predicted octanol–water partition coefficient (Wildman–Crippen LogP) is 3.10. The lowest BCUT2D eigenvalue weighted by atomic mass is 10.0. The van der Waals surface area contributed by atoms with Crippen LogP contribution in [0.4, 0.5) is 10.1 Å². The second kappa shape index (κ2) is 5.56. The maximum absolute atomic E-state index is 13.4. The fourth-order valence-electron chi connectivity index (χ4n) is 2.52. The quantitative estimate of drug-likeness (QED) is 0.848. The molecule has 3 rings (SSSR count). The van der Waals surface area contributed by atoms with Gasteiger partial charge in [-0.1, -0.05) is 24.3 Å². The lowest BCUT2D eigenvalue weighted by molar-refractivity contribution is -0.118. The molecular weight excluding hydrogens is 269 g/mol.